The summed E-state index contributed by atoms with van der Waals surface area (Å²) in [6.07, 6.45) is 6.30. The van der Waals surface area contributed by atoms with Crippen molar-refractivity contribution in [2.45, 2.75) is 32.7 Å². The highest BCUT2D eigenvalue weighted by atomic mass is 15.2. The number of piperidine rings is 1. The molecule has 1 N–H and O–H groups in total. The molecule has 5 rings (SSSR count). The fourth-order valence-corrected chi connectivity index (χ4v) is 5.00. The topological polar surface area (TPSA) is 48.1 Å². The summed E-state index contributed by atoms with van der Waals surface area (Å²) < 4.78 is 0. The number of aryl methyl sites for hydroxylation is 2. The Kier molecular flexibility index (Phi) is 5.43. The van der Waals surface area contributed by atoms with Crippen LogP contribution in [0.2, 0.25) is 0 Å². The summed E-state index contributed by atoms with van der Waals surface area (Å²) >= 11 is 0. The number of benzene rings is 2. The van der Waals surface area contributed by atoms with Gasteiger partial charge in [0, 0.05) is 37.1 Å². The molecule has 2 aromatic heterocycles. The maximum Gasteiger partial charge on any atom is 0.142 e. The van der Waals surface area contributed by atoms with Gasteiger partial charge in [-0.3, -0.25) is 4.98 Å². The highest BCUT2D eigenvalue weighted by Crippen LogP contribution is 2.40. The van der Waals surface area contributed by atoms with Gasteiger partial charge in [0.2, 0.25) is 0 Å². The molecule has 0 atom stereocenters. The van der Waals surface area contributed by atoms with E-state index in [1.807, 2.05) is 24.5 Å². The molecule has 1 aliphatic rings. The van der Waals surface area contributed by atoms with Crippen LogP contribution >= 0.6 is 0 Å². The summed E-state index contributed by atoms with van der Waals surface area (Å²) in [6, 6.07) is 15.6. The normalized spacial score (nSPS) is 15.1. The van der Waals surface area contributed by atoms with Gasteiger partial charge in [-0.1, -0.05) is 41.5 Å². The predicted molar refractivity (Wildman–Crippen MR) is 133 cm³/mol. The summed E-state index contributed by atoms with van der Waals surface area (Å²) in [6.45, 7) is 6.38. The fourth-order valence-electron chi connectivity index (χ4n) is 5.00. The first-order valence-corrected chi connectivity index (χ1v) is 11.4. The van der Waals surface area contributed by atoms with E-state index in [-0.39, 0.29) is 0 Å². The molecule has 0 bridgehead atoms. The monoisotopic (exact) mass is 425 g/mol. The highest BCUT2D eigenvalue weighted by Gasteiger charge is 2.26. The van der Waals surface area contributed by atoms with Gasteiger partial charge in [-0.25, -0.2) is 4.98 Å². The lowest BCUT2D eigenvalue weighted by atomic mass is 9.96. The minimum atomic E-state index is 0.632. The predicted octanol–water partition coefficient (Wildman–Crippen LogP) is 5.44. The first-order chi connectivity index (χ1) is 15.5. The molecule has 0 saturated carbocycles. The Balaban J connectivity index is 1.66. The number of para-hydroxylation sites is 2. The Hall–Kier alpha value is -3.18. The molecule has 0 amide bonds. The molecule has 1 aliphatic heterocycles. The van der Waals surface area contributed by atoms with Crippen LogP contribution in [0.4, 0.5) is 5.69 Å². The van der Waals surface area contributed by atoms with Gasteiger partial charge in [0.25, 0.3) is 0 Å². The molecule has 32 heavy (non-hydrogen) atoms. The molecule has 2 aromatic carbocycles. The molecular weight excluding hydrogens is 394 g/mol. The largest absolute Gasteiger partial charge is 0.370 e. The van der Waals surface area contributed by atoms with E-state index in [1.54, 1.807) is 0 Å². The third-order valence-corrected chi connectivity index (χ3v) is 6.61. The van der Waals surface area contributed by atoms with Crippen molar-refractivity contribution in [1.29, 1.82) is 0 Å². The van der Waals surface area contributed by atoms with Gasteiger partial charge in [-0.15, -0.1) is 0 Å². The van der Waals surface area contributed by atoms with Gasteiger partial charge < -0.3 is 14.8 Å². The van der Waals surface area contributed by atoms with E-state index in [0.717, 1.165) is 48.4 Å². The van der Waals surface area contributed by atoms with E-state index in [0.29, 0.717) is 6.04 Å². The summed E-state index contributed by atoms with van der Waals surface area (Å²) in [4.78, 5) is 18.0. The standard InChI is InChI=1S/C27H31N5/c1-18-13-19(2)15-20(14-18)22-16-28-17-23(27-29-24-7-5-6-8-25(24)30-27)26(22)32-11-9-21(10-12-32)31(3)4/h5-8,13-17,21H,9-12H2,1-4H3,(H,29,30). The van der Waals surface area contributed by atoms with Crippen molar-refractivity contribution in [3.63, 3.8) is 0 Å². The van der Waals surface area contributed by atoms with E-state index < -0.39 is 0 Å². The Morgan fingerprint density at radius 2 is 1.62 bits per heavy atom. The Bertz CT molecular complexity index is 1190. The molecule has 1 fully saturated rings. The molecule has 5 nitrogen and oxygen atoms in total. The Morgan fingerprint density at radius 1 is 0.938 bits per heavy atom. The SMILES string of the molecule is Cc1cc(C)cc(-c2cncc(-c3nc4ccccc4[nH]3)c2N2CCC(N(C)C)CC2)c1. The maximum absolute atomic E-state index is 4.92. The number of hydrogen-bond donors (Lipinski definition) is 1. The second-order valence-electron chi connectivity index (χ2n) is 9.24. The zero-order chi connectivity index (χ0) is 22.2. The number of anilines is 1. The number of nitrogens with one attached hydrogen (secondary N) is 1. The number of hydrogen-bond acceptors (Lipinski definition) is 4. The fraction of sp³-hybridized carbons (Fsp3) is 0.333. The van der Waals surface area contributed by atoms with Crippen molar-refractivity contribution in [1.82, 2.24) is 19.9 Å². The van der Waals surface area contributed by atoms with Crippen molar-refractivity contribution in [3.8, 4) is 22.5 Å². The van der Waals surface area contributed by atoms with Crippen LogP contribution < -0.4 is 4.90 Å². The lowest BCUT2D eigenvalue weighted by molar-refractivity contribution is 0.250. The Morgan fingerprint density at radius 3 is 2.31 bits per heavy atom. The molecule has 0 spiro atoms. The zero-order valence-electron chi connectivity index (χ0n) is 19.4. The van der Waals surface area contributed by atoms with Crippen LogP contribution in [0.25, 0.3) is 33.5 Å². The lowest BCUT2D eigenvalue weighted by Crippen LogP contribution is -2.42. The number of aromatic nitrogens is 3. The van der Waals surface area contributed by atoms with Gasteiger partial charge in [-0.2, -0.15) is 0 Å². The number of H-pyrrole nitrogens is 1. The van der Waals surface area contributed by atoms with E-state index in [2.05, 4.69) is 78.0 Å². The smallest absolute Gasteiger partial charge is 0.142 e. The summed E-state index contributed by atoms with van der Waals surface area (Å²) in [5.41, 5.74) is 9.28. The minimum absolute atomic E-state index is 0.632. The molecule has 0 unspecified atom stereocenters. The van der Waals surface area contributed by atoms with E-state index in [1.165, 1.54) is 27.9 Å². The second kappa shape index (κ2) is 8.40. The minimum Gasteiger partial charge on any atom is -0.370 e. The quantitative estimate of drug-likeness (QED) is 0.473. The number of fused-ring (bicyclic) bond motifs is 1. The van der Waals surface area contributed by atoms with Crippen molar-refractivity contribution in [3.05, 3.63) is 66.0 Å². The average molecular weight is 426 g/mol. The number of rotatable bonds is 4. The van der Waals surface area contributed by atoms with Crippen LogP contribution in [0.1, 0.15) is 24.0 Å². The maximum atomic E-state index is 4.92. The zero-order valence-corrected chi connectivity index (χ0v) is 19.4. The lowest BCUT2D eigenvalue weighted by Gasteiger charge is -2.38. The third kappa shape index (κ3) is 3.89. The van der Waals surface area contributed by atoms with Crippen molar-refractivity contribution >= 4 is 16.7 Å². The molecule has 1 saturated heterocycles. The number of aromatic amines is 1. The van der Waals surface area contributed by atoms with Crippen LogP contribution in [0.3, 0.4) is 0 Å². The van der Waals surface area contributed by atoms with Crippen molar-refractivity contribution < 1.29 is 0 Å². The first kappa shape index (κ1) is 20.7. The van der Waals surface area contributed by atoms with Crippen molar-refractivity contribution in [2.24, 2.45) is 0 Å². The molecule has 0 aliphatic carbocycles. The van der Waals surface area contributed by atoms with E-state index in [4.69, 9.17) is 4.98 Å². The number of pyridine rings is 1. The van der Waals surface area contributed by atoms with Gasteiger partial charge >= 0.3 is 0 Å². The molecule has 3 heterocycles. The second-order valence-corrected chi connectivity index (χ2v) is 9.24. The average Bonchev–Trinajstić information content (AvgIpc) is 3.22. The first-order valence-electron chi connectivity index (χ1n) is 11.4. The van der Waals surface area contributed by atoms with Gasteiger partial charge in [0.1, 0.15) is 5.82 Å². The molecule has 5 heteroatoms. The van der Waals surface area contributed by atoms with E-state index in [9.17, 15) is 0 Å². The van der Waals surface area contributed by atoms with Gasteiger partial charge in [-0.05, 0) is 58.5 Å². The number of nitrogens with zero attached hydrogens (tertiary/aromatic N) is 4. The van der Waals surface area contributed by atoms with E-state index >= 15 is 0 Å². The van der Waals surface area contributed by atoms with Crippen LogP contribution in [0.5, 0.6) is 0 Å². The molecule has 164 valence electrons. The van der Waals surface area contributed by atoms with Crippen LogP contribution in [-0.4, -0.2) is 53.1 Å². The van der Waals surface area contributed by atoms with Gasteiger partial charge in [0.15, 0.2) is 0 Å². The van der Waals surface area contributed by atoms with Crippen LogP contribution in [0.15, 0.2) is 54.9 Å². The van der Waals surface area contributed by atoms with Crippen LogP contribution in [0, 0.1) is 13.8 Å². The Labute approximate surface area is 190 Å². The summed E-state index contributed by atoms with van der Waals surface area (Å²) in [5.74, 6) is 0.884. The summed E-state index contributed by atoms with van der Waals surface area (Å²) in [7, 11) is 4.38. The van der Waals surface area contributed by atoms with Crippen LogP contribution in [-0.2, 0) is 0 Å². The molecule has 4 aromatic rings. The van der Waals surface area contributed by atoms with Crippen molar-refractivity contribution in [2.75, 3.05) is 32.1 Å². The molecular formula is C27H31N5. The summed E-state index contributed by atoms with van der Waals surface area (Å²) in [5, 5.41) is 0. The third-order valence-electron chi connectivity index (χ3n) is 6.61. The van der Waals surface area contributed by atoms with Gasteiger partial charge in [0.05, 0.1) is 22.3 Å². The number of imidazole rings is 1. The highest BCUT2D eigenvalue weighted by molar-refractivity contribution is 5.91. The molecule has 0 radical (unpaired) electrons.